The maximum atomic E-state index is 14.1. The number of rotatable bonds is 3. The van der Waals surface area contributed by atoms with Gasteiger partial charge in [-0.05, 0) is 56.0 Å². The maximum absolute atomic E-state index is 14.1. The standard InChI is InChI=1S/C26H20F6N6O/c1-36-24(13-7-18(27)22(29)19(28)8-13)17-10-15-3-2-4-21(23(17)35-36)38(15)25(39)16-9-14(26(30,31)32)5-6-20(16)37-12-33-11-34-37/h5-9,11-12,15,21H,2-4,10H2,1H3/t15-,21+/m0/s1. The minimum Gasteiger partial charge on any atom is -0.327 e. The lowest BCUT2D eigenvalue weighted by Gasteiger charge is -2.45. The minimum atomic E-state index is -4.67. The third kappa shape index (κ3) is 4.07. The van der Waals surface area contributed by atoms with Gasteiger partial charge in [0.1, 0.15) is 12.7 Å². The molecule has 4 heterocycles. The molecule has 0 saturated carbocycles. The normalized spacial score (nSPS) is 18.8. The molecule has 2 bridgehead atoms. The SMILES string of the molecule is Cn1nc2c(c1-c1cc(F)c(F)c(F)c1)C[C@@H]1CCC[C@H]2N1C(=O)c1cc(C(F)(F)F)ccc1-n1cncn1. The highest BCUT2D eigenvalue weighted by Gasteiger charge is 2.44. The Hall–Kier alpha value is -4.16. The summed E-state index contributed by atoms with van der Waals surface area (Å²) < 4.78 is 85.3. The average molecular weight is 546 g/mol. The van der Waals surface area contributed by atoms with E-state index in [1.54, 1.807) is 11.9 Å². The van der Waals surface area contributed by atoms with Crippen LogP contribution in [0.3, 0.4) is 0 Å². The molecule has 2 aliphatic rings. The number of hydrogen-bond acceptors (Lipinski definition) is 4. The van der Waals surface area contributed by atoms with Crippen molar-refractivity contribution in [3.05, 3.63) is 82.8 Å². The van der Waals surface area contributed by atoms with Crippen molar-refractivity contribution in [2.45, 2.75) is 43.9 Å². The van der Waals surface area contributed by atoms with Gasteiger partial charge in [-0.25, -0.2) is 22.8 Å². The predicted octanol–water partition coefficient (Wildman–Crippen LogP) is 5.40. The summed E-state index contributed by atoms with van der Waals surface area (Å²) >= 11 is 0. The van der Waals surface area contributed by atoms with Crippen LogP contribution in [0.25, 0.3) is 16.9 Å². The van der Waals surface area contributed by atoms with E-state index in [-0.39, 0.29) is 23.2 Å². The lowest BCUT2D eigenvalue weighted by Crippen LogP contribution is -2.50. The van der Waals surface area contributed by atoms with Gasteiger partial charge in [0.15, 0.2) is 17.5 Å². The molecular formula is C26H20F6N6O. The average Bonchev–Trinajstić information content (AvgIpc) is 3.53. The number of hydrogen-bond donors (Lipinski definition) is 0. The lowest BCUT2D eigenvalue weighted by molar-refractivity contribution is -0.137. The molecule has 2 aliphatic heterocycles. The van der Waals surface area contributed by atoms with Crippen LogP contribution >= 0.6 is 0 Å². The number of aryl methyl sites for hydroxylation is 1. The third-order valence-electron chi connectivity index (χ3n) is 7.39. The summed E-state index contributed by atoms with van der Waals surface area (Å²) in [6.07, 6.45) is -0.0850. The molecule has 6 rings (SSSR count). The third-order valence-corrected chi connectivity index (χ3v) is 7.39. The van der Waals surface area contributed by atoms with E-state index in [0.29, 0.717) is 29.8 Å². The molecule has 0 aliphatic carbocycles. The van der Waals surface area contributed by atoms with Gasteiger partial charge in [-0.2, -0.15) is 23.4 Å². The van der Waals surface area contributed by atoms with E-state index in [9.17, 15) is 31.1 Å². The summed E-state index contributed by atoms with van der Waals surface area (Å²) in [4.78, 5) is 19.4. The number of fused-ring (bicyclic) bond motifs is 4. The molecule has 39 heavy (non-hydrogen) atoms. The Bertz CT molecular complexity index is 1570. The molecule has 0 unspecified atom stereocenters. The van der Waals surface area contributed by atoms with E-state index < -0.39 is 47.2 Å². The van der Waals surface area contributed by atoms with Crippen LogP contribution < -0.4 is 0 Å². The van der Waals surface area contributed by atoms with Crippen molar-refractivity contribution < 1.29 is 31.1 Å². The van der Waals surface area contributed by atoms with Crippen LogP contribution in [-0.4, -0.2) is 41.4 Å². The molecule has 1 saturated heterocycles. The van der Waals surface area contributed by atoms with Crippen LogP contribution in [0.1, 0.15) is 52.5 Å². The Morgan fingerprint density at radius 1 is 1.05 bits per heavy atom. The highest BCUT2D eigenvalue weighted by atomic mass is 19.4. The first-order valence-corrected chi connectivity index (χ1v) is 12.1. The molecule has 13 heteroatoms. The molecule has 4 aromatic rings. The van der Waals surface area contributed by atoms with E-state index in [4.69, 9.17) is 0 Å². The van der Waals surface area contributed by atoms with Gasteiger partial charge in [0.25, 0.3) is 5.91 Å². The molecule has 0 radical (unpaired) electrons. The number of halogens is 6. The number of benzene rings is 2. The second kappa shape index (κ2) is 8.95. The summed E-state index contributed by atoms with van der Waals surface area (Å²) in [6.45, 7) is 0. The summed E-state index contributed by atoms with van der Waals surface area (Å²) in [6, 6.07) is 3.71. The zero-order valence-electron chi connectivity index (χ0n) is 20.4. The summed E-state index contributed by atoms with van der Waals surface area (Å²) in [5.41, 5.74) is 0.653. The fourth-order valence-electron chi connectivity index (χ4n) is 5.76. The second-order valence-electron chi connectivity index (χ2n) is 9.68. The van der Waals surface area contributed by atoms with E-state index in [2.05, 4.69) is 15.2 Å². The van der Waals surface area contributed by atoms with Gasteiger partial charge in [-0.1, -0.05) is 0 Å². The molecule has 202 valence electrons. The second-order valence-corrected chi connectivity index (χ2v) is 9.68. The first-order chi connectivity index (χ1) is 18.5. The van der Waals surface area contributed by atoms with E-state index in [1.165, 1.54) is 28.1 Å². The Morgan fingerprint density at radius 3 is 2.46 bits per heavy atom. The Morgan fingerprint density at radius 2 is 1.79 bits per heavy atom. The van der Waals surface area contributed by atoms with Crippen molar-refractivity contribution in [3.63, 3.8) is 0 Å². The van der Waals surface area contributed by atoms with Crippen molar-refractivity contribution in [2.75, 3.05) is 0 Å². The number of nitrogens with zero attached hydrogens (tertiary/aromatic N) is 6. The smallest absolute Gasteiger partial charge is 0.327 e. The van der Waals surface area contributed by atoms with Gasteiger partial charge in [0.05, 0.1) is 34.2 Å². The first-order valence-electron chi connectivity index (χ1n) is 12.1. The molecule has 2 aromatic heterocycles. The molecule has 7 nitrogen and oxygen atoms in total. The zero-order valence-corrected chi connectivity index (χ0v) is 20.4. The van der Waals surface area contributed by atoms with Gasteiger partial charge in [-0.3, -0.25) is 9.48 Å². The van der Waals surface area contributed by atoms with Crippen LogP contribution in [0.2, 0.25) is 0 Å². The van der Waals surface area contributed by atoms with Crippen molar-refractivity contribution >= 4 is 5.91 Å². The fraction of sp³-hybridized carbons (Fsp3) is 0.308. The maximum Gasteiger partial charge on any atom is 0.416 e. The van der Waals surface area contributed by atoms with Gasteiger partial charge < -0.3 is 4.90 Å². The molecule has 0 N–H and O–H groups in total. The van der Waals surface area contributed by atoms with Crippen LogP contribution in [-0.2, 0) is 19.6 Å². The van der Waals surface area contributed by atoms with Gasteiger partial charge in [0.2, 0.25) is 0 Å². The van der Waals surface area contributed by atoms with Gasteiger partial charge >= 0.3 is 6.18 Å². The Labute approximate surface area is 217 Å². The van der Waals surface area contributed by atoms with Crippen LogP contribution in [0.15, 0.2) is 43.0 Å². The number of amides is 1. The monoisotopic (exact) mass is 546 g/mol. The van der Waals surface area contributed by atoms with Crippen molar-refractivity contribution in [3.8, 4) is 16.9 Å². The number of alkyl halides is 3. The molecule has 1 amide bonds. The Balaban J connectivity index is 1.46. The predicted molar refractivity (Wildman–Crippen MR) is 125 cm³/mol. The largest absolute Gasteiger partial charge is 0.416 e. The van der Waals surface area contributed by atoms with Crippen molar-refractivity contribution in [1.29, 1.82) is 0 Å². The minimum absolute atomic E-state index is 0.104. The number of carbonyl (C=O) groups is 1. The quantitative estimate of drug-likeness (QED) is 0.255. The summed E-state index contributed by atoms with van der Waals surface area (Å²) in [5, 5.41) is 8.56. The molecule has 2 atom stereocenters. The van der Waals surface area contributed by atoms with E-state index in [1.807, 2.05) is 0 Å². The fourth-order valence-corrected chi connectivity index (χ4v) is 5.76. The molecule has 1 fully saturated rings. The zero-order chi connectivity index (χ0) is 27.6. The van der Waals surface area contributed by atoms with Crippen molar-refractivity contribution in [1.82, 2.24) is 29.4 Å². The highest BCUT2D eigenvalue weighted by Crippen LogP contribution is 2.46. The van der Waals surface area contributed by atoms with Gasteiger partial charge in [0, 0.05) is 24.2 Å². The van der Waals surface area contributed by atoms with Gasteiger partial charge in [-0.15, -0.1) is 0 Å². The summed E-state index contributed by atoms with van der Waals surface area (Å²) in [5.74, 6) is -4.86. The van der Waals surface area contributed by atoms with E-state index in [0.717, 1.165) is 30.7 Å². The van der Waals surface area contributed by atoms with Crippen molar-refractivity contribution in [2.24, 2.45) is 7.05 Å². The van der Waals surface area contributed by atoms with Crippen LogP contribution in [0, 0.1) is 17.5 Å². The first kappa shape index (κ1) is 25.1. The number of piperidine rings is 1. The molecule has 2 aromatic carbocycles. The summed E-state index contributed by atoms with van der Waals surface area (Å²) in [7, 11) is 1.58. The number of carbonyl (C=O) groups excluding carboxylic acids is 1. The number of aromatic nitrogens is 5. The lowest BCUT2D eigenvalue weighted by atomic mass is 9.81. The topological polar surface area (TPSA) is 68.8 Å². The van der Waals surface area contributed by atoms with Crippen LogP contribution in [0.5, 0.6) is 0 Å². The highest BCUT2D eigenvalue weighted by molar-refractivity contribution is 5.98. The Kier molecular flexibility index (Phi) is 5.77. The molecule has 0 spiro atoms. The molecular weight excluding hydrogens is 526 g/mol. The van der Waals surface area contributed by atoms with E-state index >= 15 is 0 Å². The van der Waals surface area contributed by atoms with Crippen LogP contribution in [0.4, 0.5) is 26.3 Å².